The Kier molecular flexibility index (Phi) is 6.27. The van der Waals surface area contributed by atoms with Crippen molar-refractivity contribution in [2.75, 3.05) is 20.8 Å². The first kappa shape index (κ1) is 19.4. The Balaban J connectivity index is 2.19. The molecule has 0 saturated heterocycles. The topological polar surface area (TPSA) is 86.9 Å². The lowest BCUT2D eigenvalue weighted by atomic mass is 10.1. The van der Waals surface area contributed by atoms with Crippen LogP contribution in [0.25, 0.3) is 0 Å². The zero-order valence-electron chi connectivity index (χ0n) is 15.6. The molecular formula is C19H23NO6. The monoisotopic (exact) mass is 361 g/mol. The third-order valence-electron chi connectivity index (χ3n) is 3.97. The number of benzene rings is 1. The van der Waals surface area contributed by atoms with Crippen molar-refractivity contribution in [3.05, 3.63) is 46.3 Å². The van der Waals surface area contributed by atoms with Gasteiger partial charge in [-0.25, -0.2) is 9.59 Å². The van der Waals surface area contributed by atoms with Crippen molar-refractivity contribution in [2.24, 2.45) is 0 Å². The maximum Gasteiger partial charge on any atom is 0.355 e. The number of nitrogens with one attached hydrogen (secondary N) is 1. The van der Waals surface area contributed by atoms with Crippen molar-refractivity contribution in [1.82, 2.24) is 4.98 Å². The molecule has 0 bridgehead atoms. The highest BCUT2D eigenvalue weighted by Crippen LogP contribution is 2.25. The van der Waals surface area contributed by atoms with Crippen molar-refractivity contribution in [3.63, 3.8) is 0 Å². The van der Waals surface area contributed by atoms with Crippen molar-refractivity contribution in [1.29, 1.82) is 0 Å². The van der Waals surface area contributed by atoms with Crippen LogP contribution in [0.15, 0.2) is 18.2 Å². The Morgan fingerprint density at radius 3 is 2.38 bits per heavy atom. The number of aromatic amines is 1. The van der Waals surface area contributed by atoms with E-state index >= 15 is 0 Å². The van der Waals surface area contributed by atoms with E-state index in [-0.39, 0.29) is 18.9 Å². The van der Waals surface area contributed by atoms with Gasteiger partial charge in [0.1, 0.15) is 23.8 Å². The number of hydrogen-bond acceptors (Lipinski definition) is 6. The summed E-state index contributed by atoms with van der Waals surface area (Å²) in [7, 11) is 3.09. The second-order valence-electron chi connectivity index (χ2n) is 5.60. The molecule has 0 amide bonds. The molecular weight excluding hydrogens is 338 g/mol. The van der Waals surface area contributed by atoms with Gasteiger partial charge in [0.2, 0.25) is 0 Å². The molecule has 0 aliphatic heterocycles. The lowest BCUT2D eigenvalue weighted by Crippen LogP contribution is -2.09. The molecule has 0 fully saturated rings. The number of H-pyrrole nitrogens is 1. The van der Waals surface area contributed by atoms with Gasteiger partial charge in [0, 0.05) is 11.3 Å². The average molecular weight is 361 g/mol. The number of rotatable bonds is 7. The second-order valence-corrected chi connectivity index (χ2v) is 5.60. The first-order chi connectivity index (χ1) is 12.4. The minimum atomic E-state index is -0.564. The van der Waals surface area contributed by atoms with Crippen molar-refractivity contribution >= 4 is 11.9 Å². The van der Waals surface area contributed by atoms with Gasteiger partial charge >= 0.3 is 11.9 Å². The standard InChI is InChI=1S/C19H23NO6/c1-6-25-18(21)16-11(2)17(20-12(16)3)19(22)26-10-13-9-14(23-4)7-8-15(13)24-5/h7-9,20H,6,10H2,1-5H3. The van der Waals surface area contributed by atoms with Crippen molar-refractivity contribution in [3.8, 4) is 11.5 Å². The summed E-state index contributed by atoms with van der Waals surface area (Å²) in [4.78, 5) is 27.4. The second kappa shape index (κ2) is 8.42. The molecule has 1 aromatic heterocycles. The Hall–Kier alpha value is -2.96. The Morgan fingerprint density at radius 1 is 1.04 bits per heavy atom. The van der Waals surface area contributed by atoms with E-state index in [1.807, 2.05) is 0 Å². The van der Waals surface area contributed by atoms with Crippen LogP contribution >= 0.6 is 0 Å². The van der Waals surface area contributed by atoms with Crippen LogP contribution in [0.5, 0.6) is 11.5 Å². The first-order valence-corrected chi connectivity index (χ1v) is 8.17. The number of aromatic nitrogens is 1. The first-order valence-electron chi connectivity index (χ1n) is 8.17. The van der Waals surface area contributed by atoms with Gasteiger partial charge in [-0.05, 0) is 44.5 Å². The van der Waals surface area contributed by atoms with Gasteiger partial charge in [0.25, 0.3) is 0 Å². The molecule has 26 heavy (non-hydrogen) atoms. The number of aryl methyl sites for hydroxylation is 1. The minimum absolute atomic E-state index is 0.00541. The van der Waals surface area contributed by atoms with E-state index in [4.69, 9.17) is 18.9 Å². The summed E-state index contributed by atoms with van der Waals surface area (Å²) < 4.78 is 20.9. The number of carbonyl (C=O) groups excluding carboxylic acids is 2. The van der Waals surface area contributed by atoms with E-state index in [1.54, 1.807) is 46.1 Å². The van der Waals surface area contributed by atoms with Crippen LogP contribution in [0.1, 0.15) is 44.6 Å². The van der Waals surface area contributed by atoms with E-state index in [2.05, 4.69) is 4.98 Å². The predicted molar refractivity (Wildman–Crippen MR) is 94.9 cm³/mol. The average Bonchev–Trinajstić information content (AvgIpc) is 2.94. The Labute approximate surface area is 152 Å². The summed E-state index contributed by atoms with van der Waals surface area (Å²) in [6, 6.07) is 5.24. The normalized spacial score (nSPS) is 10.3. The molecule has 1 heterocycles. The highest BCUT2D eigenvalue weighted by molar-refractivity contribution is 5.98. The molecule has 2 rings (SSSR count). The molecule has 0 atom stereocenters. The van der Waals surface area contributed by atoms with Gasteiger partial charge in [-0.15, -0.1) is 0 Å². The highest BCUT2D eigenvalue weighted by Gasteiger charge is 2.24. The van der Waals surface area contributed by atoms with Crippen LogP contribution in [0.4, 0.5) is 0 Å². The summed E-state index contributed by atoms with van der Waals surface area (Å²) in [5.41, 5.74) is 2.33. The van der Waals surface area contributed by atoms with E-state index < -0.39 is 11.9 Å². The quantitative estimate of drug-likeness (QED) is 0.762. The number of hydrogen-bond donors (Lipinski definition) is 1. The van der Waals surface area contributed by atoms with Crippen molar-refractivity contribution < 1.29 is 28.5 Å². The molecule has 1 N–H and O–H groups in total. The van der Waals surface area contributed by atoms with Gasteiger partial charge in [0.05, 0.1) is 26.4 Å². The van der Waals surface area contributed by atoms with Crippen molar-refractivity contribution in [2.45, 2.75) is 27.4 Å². The van der Waals surface area contributed by atoms with Gasteiger partial charge < -0.3 is 23.9 Å². The molecule has 0 radical (unpaired) electrons. The summed E-state index contributed by atoms with van der Waals surface area (Å²) >= 11 is 0. The molecule has 2 aromatic rings. The zero-order valence-corrected chi connectivity index (χ0v) is 15.6. The predicted octanol–water partition coefficient (Wildman–Crippen LogP) is 3.18. The lowest BCUT2D eigenvalue weighted by Gasteiger charge is -2.11. The summed E-state index contributed by atoms with van der Waals surface area (Å²) in [6.07, 6.45) is 0. The third-order valence-corrected chi connectivity index (χ3v) is 3.97. The zero-order chi connectivity index (χ0) is 19.3. The number of methoxy groups -OCH3 is 2. The summed E-state index contributed by atoms with van der Waals surface area (Å²) in [5, 5.41) is 0. The van der Waals surface area contributed by atoms with Gasteiger partial charge in [-0.3, -0.25) is 0 Å². The Bertz CT molecular complexity index is 809. The van der Waals surface area contributed by atoms with Crippen LogP contribution in [-0.4, -0.2) is 37.7 Å². The SMILES string of the molecule is CCOC(=O)c1c(C)[nH]c(C(=O)OCc2cc(OC)ccc2OC)c1C. The largest absolute Gasteiger partial charge is 0.497 e. The molecule has 0 unspecified atom stereocenters. The molecule has 0 aliphatic rings. The van der Waals surface area contributed by atoms with E-state index in [0.717, 1.165) is 0 Å². The van der Waals surface area contributed by atoms with Crippen LogP contribution < -0.4 is 9.47 Å². The maximum atomic E-state index is 12.5. The third kappa shape index (κ3) is 3.99. The molecule has 140 valence electrons. The van der Waals surface area contributed by atoms with E-state index in [0.29, 0.717) is 33.9 Å². The van der Waals surface area contributed by atoms with Gasteiger partial charge in [-0.2, -0.15) is 0 Å². The van der Waals surface area contributed by atoms with Gasteiger partial charge in [-0.1, -0.05) is 0 Å². The van der Waals surface area contributed by atoms with Crippen LogP contribution in [-0.2, 0) is 16.1 Å². The fraction of sp³-hybridized carbons (Fsp3) is 0.368. The smallest absolute Gasteiger partial charge is 0.355 e. The molecule has 0 saturated carbocycles. The fourth-order valence-electron chi connectivity index (χ4n) is 2.67. The van der Waals surface area contributed by atoms with E-state index in [1.165, 1.54) is 7.11 Å². The summed E-state index contributed by atoms with van der Waals surface area (Å²) in [5.74, 6) is 0.192. The van der Waals surface area contributed by atoms with Crippen LogP contribution in [0.2, 0.25) is 0 Å². The summed E-state index contributed by atoms with van der Waals surface area (Å²) in [6.45, 7) is 5.38. The van der Waals surface area contributed by atoms with Crippen LogP contribution in [0.3, 0.4) is 0 Å². The molecule has 0 spiro atoms. The molecule has 7 nitrogen and oxygen atoms in total. The Morgan fingerprint density at radius 2 is 1.77 bits per heavy atom. The number of carbonyl (C=O) groups is 2. The van der Waals surface area contributed by atoms with Gasteiger partial charge in [0.15, 0.2) is 0 Å². The number of esters is 2. The lowest BCUT2D eigenvalue weighted by molar-refractivity contribution is 0.0462. The maximum absolute atomic E-state index is 12.5. The van der Waals surface area contributed by atoms with E-state index in [9.17, 15) is 9.59 Å². The highest BCUT2D eigenvalue weighted by atomic mass is 16.5. The minimum Gasteiger partial charge on any atom is -0.497 e. The number of ether oxygens (including phenoxy) is 4. The van der Waals surface area contributed by atoms with Crippen LogP contribution in [0, 0.1) is 13.8 Å². The fourth-order valence-corrected chi connectivity index (χ4v) is 2.67. The molecule has 0 aliphatic carbocycles. The molecule has 7 heteroatoms. The molecule has 1 aromatic carbocycles.